The lowest BCUT2D eigenvalue weighted by atomic mass is 10.2. The quantitative estimate of drug-likeness (QED) is 0.838. The highest BCUT2D eigenvalue weighted by atomic mass is 35.5. The van der Waals surface area contributed by atoms with Crippen molar-refractivity contribution < 1.29 is 17.9 Å². The highest BCUT2D eigenvalue weighted by Crippen LogP contribution is 2.19. The molecule has 1 rings (SSSR count). The van der Waals surface area contributed by atoms with Crippen molar-refractivity contribution in [3.05, 3.63) is 28.8 Å². The van der Waals surface area contributed by atoms with Gasteiger partial charge in [-0.05, 0) is 25.1 Å². The van der Waals surface area contributed by atoms with Gasteiger partial charge in [-0.15, -0.1) is 0 Å². The molecule has 0 heterocycles. The second-order valence-corrected chi connectivity index (χ2v) is 5.99. The molecule has 1 aromatic carbocycles. The van der Waals surface area contributed by atoms with Gasteiger partial charge in [-0.25, -0.2) is 13.6 Å². The number of hydrogen-bond acceptors (Lipinski definition) is 4. The van der Waals surface area contributed by atoms with Crippen molar-refractivity contribution in [3.8, 4) is 0 Å². The summed E-state index contributed by atoms with van der Waals surface area (Å²) in [6, 6.07) is 3.48. The molecule has 0 bridgehead atoms. The SMILES string of the molecule is COC[C@H](C)NC(=O)c1cc(S(N)(=O)=O)ccc1Cl. The molecular formula is C11H15ClN2O4S. The Morgan fingerprint density at radius 1 is 1.53 bits per heavy atom. The number of sulfonamides is 1. The molecule has 0 saturated carbocycles. The Morgan fingerprint density at radius 3 is 2.68 bits per heavy atom. The number of rotatable bonds is 5. The third kappa shape index (κ3) is 4.46. The van der Waals surface area contributed by atoms with Crippen LogP contribution in [0.3, 0.4) is 0 Å². The number of methoxy groups -OCH3 is 1. The summed E-state index contributed by atoms with van der Waals surface area (Å²) in [7, 11) is -2.37. The van der Waals surface area contributed by atoms with E-state index in [1.165, 1.54) is 19.2 Å². The molecule has 0 unspecified atom stereocenters. The molecule has 3 N–H and O–H groups in total. The van der Waals surface area contributed by atoms with Gasteiger partial charge in [0.15, 0.2) is 0 Å². The normalized spacial score (nSPS) is 13.1. The van der Waals surface area contributed by atoms with Crippen LogP contribution >= 0.6 is 11.6 Å². The van der Waals surface area contributed by atoms with Crippen LogP contribution in [0.4, 0.5) is 0 Å². The molecule has 0 saturated heterocycles. The summed E-state index contributed by atoms with van der Waals surface area (Å²) in [5.41, 5.74) is 0.0520. The summed E-state index contributed by atoms with van der Waals surface area (Å²) >= 11 is 5.87. The Balaban J connectivity index is 3.03. The molecule has 1 amide bonds. The fourth-order valence-corrected chi connectivity index (χ4v) is 2.19. The first kappa shape index (κ1) is 15.9. The minimum atomic E-state index is -3.88. The predicted molar refractivity (Wildman–Crippen MR) is 71.6 cm³/mol. The maximum atomic E-state index is 11.9. The second-order valence-electron chi connectivity index (χ2n) is 4.02. The van der Waals surface area contributed by atoms with Crippen LogP contribution < -0.4 is 10.5 Å². The number of nitrogens with two attached hydrogens (primary N) is 1. The maximum absolute atomic E-state index is 11.9. The number of ether oxygens (including phenoxy) is 1. The number of hydrogen-bond donors (Lipinski definition) is 2. The molecule has 0 aromatic heterocycles. The zero-order valence-corrected chi connectivity index (χ0v) is 12.1. The number of nitrogens with one attached hydrogen (secondary N) is 1. The average molecular weight is 307 g/mol. The Labute approximate surface area is 116 Å². The van der Waals surface area contributed by atoms with Crippen molar-refractivity contribution in [1.29, 1.82) is 0 Å². The van der Waals surface area contributed by atoms with E-state index in [1.807, 2.05) is 0 Å². The highest BCUT2D eigenvalue weighted by Gasteiger charge is 2.17. The fourth-order valence-electron chi connectivity index (χ4n) is 1.45. The largest absolute Gasteiger partial charge is 0.383 e. The van der Waals surface area contributed by atoms with E-state index in [4.69, 9.17) is 21.5 Å². The van der Waals surface area contributed by atoms with Crippen molar-refractivity contribution in [2.24, 2.45) is 5.14 Å². The lowest BCUT2D eigenvalue weighted by Crippen LogP contribution is -2.35. The molecule has 0 aliphatic carbocycles. The Hall–Kier alpha value is -1.15. The fraction of sp³-hybridized carbons (Fsp3) is 0.364. The average Bonchev–Trinajstić information content (AvgIpc) is 2.27. The number of halogens is 1. The van der Waals surface area contributed by atoms with Crippen LogP contribution in [0.15, 0.2) is 23.1 Å². The predicted octanol–water partition coefficient (Wildman–Crippen LogP) is 0.752. The molecule has 1 aromatic rings. The highest BCUT2D eigenvalue weighted by molar-refractivity contribution is 7.89. The van der Waals surface area contributed by atoms with Gasteiger partial charge >= 0.3 is 0 Å². The van der Waals surface area contributed by atoms with Crippen molar-refractivity contribution >= 4 is 27.5 Å². The summed E-state index contributed by atoms with van der Waals surface area (Å²) in [6.07, 6.45) is 0. The van der Waals surface area contributed by atoms with Crippen LogP contribution in [0, 0.1) is 0 Å². The smallest absolute Gasteiger partial charge is 0.253 e. The van der Waals surface area contributed by atoms with E-state index in [0.29, 0.717) is 6.61 Å². The van der Waals surface area contributed by atoms with Crippen LogP contribution in [0.25, 0.3) is 0 Å². The van der Waals surface area contributed by atoms with Gasteiger partial charge in [0.05, 0.1) is 22.1 Å². The number of amides is 1. The number of primary sulfonamides is 1. The Bertz CT molecular complexity index is 574. The first-order valence-corrected chi connectivity index (χ1v) is 7.30. The van der Waals surface area contributed by atoms with Gasteiger partial charge < -0.3 is 10.1 Å². The molecule has 0 radical (unpaired) electrons. The summed E-state index contributed by atoms with van der Waals surface area (Å²) in [5, 5.41) is 7.78. The van der Waals surface area contributed by atoms with E-state index < -0.39 is 15.9 Å². The van der Waals surface area contributed by atoms with E-state index in [2.05, 4.69) is 5.32 Å². The van der Waals surface area contributed by atoms with Gasteiger partial charge in [0.25, 0.3) is 5.91 Å². The lowest BCUT2D eigenvalue weighted by Gasteiger charge is -2.13. The summed E-state index contributed by atoms with van der Waals surface area (Å²) in [5.74, 6) is -0.486. The first-order chi connectivity index (χ1) is 8.75. The third-order valence-corrected chi connectivity index (χ3v) is 3.55. The van der Waals surface area contributed by atoms with Gasteiger partial charge in [-0.1, -0.05) is 11.6 Å². The van der Waals surface area contributed by atoms with Crippen LogP contribution in [0.2, 0.25) is 5.02 Å². The number of benzene rings is 1. The zero-order chi connectivity index (χ0) is 14.6. The molecule has 1 atom stereocenters. The number of carbonyl (C=O) groups excluding carboxylic acids is 1. The molecule has 106 valence electrons. The first-order valence-electron chi connectivity index (χ1n) is 5.38. The van der Waals surface area contributed by atoms with Crippen molar-refractivity contribution in [2.45, 2.75) is 17.9 Å². The van der Waals surface area contributed by atoms with Crippen LogP contribution in [-0.4, -0.2) is 34.1 Å². The van der Waals surface area contributed by atoms with E-state index in [0.717, 1.165) is 6.07 Å². The topological polar surface area (TPSA) is 98.5 Å². The van der Waals surface area contributed by atoms with E-state index >= 15 is 0 Å². The molecule has 0 aliphatic rings. The summed E-state index contributed by atoms with van der Waals surface area (Å²) < 4.78 is 27.3. The molecule has 8 heteroatoms. The minimum absolute atomic E-state index is 0.0520. The van der Waals surface area contributed by atoms with Gasteiger partial charge in [0.1, 0.15) is 0 Å². The minimum Gasteiger partial charge on any atom is -0.383 e. The van der Waals surface area contributed by atoms with Crippen LogP contribution in [-0.2, 0) is 14.8 Å². The Morgan fingerprint density at radius 2 is 2.16 bits per heavy atom. The van der Waals surface area contributed by atoms with Crippen LogP contribution in [0.5, 0.6) is 0 Å². The van der Waals surface area contributed by atoms with Crippen LogP contribution in [0.1, 0.15) is 17.3 Å². The second kappa shape index (κ2) is 6.33. The molecule has 0 fully saturated rings. The summed E-state index contributed by atoms with van der Waals surface area (Å²) in [4.78, 5) is 11.8. The number of carbonyl (C=O) groups is 1. The van der Waals surface area contributed by atoms with Gasteiger partial charge in [0.2, 0.25) is 10.0 Å². The van der Waals surface area contributed by atoms with Crippen molar-refractivity contribution in [3.63, 3.8) is 0 Å². The summed E-state index contributed by atoms with van der Waals surface area (Å²) in [6.45, 7) is 2.08. The molecule has 0 spiro atoms. The molecule has 19 heavy (non-hydrogen) atoms. The van der Waals surface area contributed by atoms with Gasteiger partial charge in [-0.3, -0.25) is 4.79 Å². The van der Waals surface area contributed by atoms with E-state index in [-0.39, 0.29) is 21.5 Å². The maximum Gasteiger partial charge on any atom is 0.253 e. The third-order valence-electron chi connectivity index (χ3n) is 2.31. The van der Waals surface area contributed by atoms with Gasteiger partial charge in [0, 0.05) is 13.2 Å². The monoisotopic (exact) mass is 306 g/mol. The van der Waals surface area contributed by atoms with E-state index in [9.17, 15) is 13.2 Å². The molecular weight excluding hydrogens is 292 g/mol. The van der Waals surface area contributed by atoms with E-state index in [1.54, 1.807) is 6.92 Å². The zero-order valence-electron chi connectivity index (χ0n) is 10.5. The van der Waals surface area contributed by atoms with Crippen molar-refractivity contribution in [1.82, 2.24) is 5.32 Å². The standard InChI is InChI=1S/C11H15ClN2O4S/c1-7(6-18-2)14-11(15)9-5-8(19(13,16)17)3-4-10(9)12/h3-5,7H,6H2,1-2H3,(H,14,15)(H2,13,16,17)/t7-/m0/s1. The molecule has 6 nitrogen and oxygen atoms in total. The lowest BCUT2D eigenvalue weighted by molar-refractivity contribution is 0.0905. The van der Waals surface area contributed by atoms with Gasteiger partial charge in [-0.2, -0.15) is 0 Å². The van der Waals surface area contributed by atoms with Crippen molar-refractivity contribution in [2.75, 3.05) is 13.7 Å². The molecule has 0 aliphatic heterocycles. The Kier molecular flexibility index (Phi) is 5.30.